The van der Waals surface area contributed by atoms with Crippen LogP contribution in [-0.4, -0.2) is 15.0 Å². The quantitative estimate of drug-likeness (QED) is 0.558. The highest BCUT2D eigenvalue weighted by molar-refractivity contribution is 6.29. The molecule has 2 rings (SSSR count). The van der Waals surface area contributed by atoms with Crippen LogP contribution in [0.1, 0.15) is 0 Å². The van der Waals surface area contributed by atoms with Crippen molar-refractivity contribution >= 4 is 22.6 Å². The van der Waals surface area contributed by atoms with Gasteiger partial charge in [-0.3, -0.25) is 0 Å². The first-order valence-electron chi connectivity index (χ1n) is 3.08. The molecule has 0 saturated carbocycles. The van der Waals surface area contributed by atoms with Gasteiger partial charge in [-0.15, -0.1) is 0 Å². The number of aromatic nitrogens is 3. The molecule has 0 bridgehead atoms. The van der Waals surface area contributed by atoms with Crippen molar-refractivity contribution in [2.75, 3.05) is 0 Å². The lowest BCUT2D eigenvalue weighted by molar-refractivity contribution is 1.18. The molecule has 0 unspecified atom stereocenters. The van der Waals surface area contributed by atoms with E-state index in [4.69, 9.17) is 11.6 Å². The highest BCUT2D eigenvalue weighted by Gasteiger charge is 1.94. The SMILES string of the molecule is Clc1ccc2cncnc2n1. The van der Waals surface area contributed by atoms with Gasteiger partial charge >= 0.3 is 0 Å². The van der Waals surface area contributed by atoms with Gasteiger partial charge in [0.25, 0.3) is 0 Å². The third-order valence-electron chi connectivity index (χ3n) is 1.33. The Bertz CT molecular complexity index is 388. The van der Waals surface area contributed by atoms with Crippen LogP contribution in [0, 0.1) is 0 Å². The highest BCUT2D eigenvalue weighted by Crippen LogP contribution is 2.10. The second-order valence-electron chi connectivity index (χ2n) is 2.07. The van der Waals surface area contributed by atoms with Gasteiger partial charge in [-0.2, -0.15) is 0 Å². The van der Waals surface area contributed by atoms with Crippen molar-refractivity contribution in [1.82, 2.24) is 15.0 Å². The van der Waals surface area contributed by atoms with Crippen molar-refractivity contribution in [3.05, 3.63) is 29.8 Å². The normalized spacial score (nSPS) is 10.3. The zero-order valence-electron chi connectivity index (χ0n) is 5.53. The largest absolute Gasteiger partial charge is 0.244 e. The molecule has 0 aliphatic carbocycles. The number of hydrogen-bond acceptors (Lipinski definition) is 3. The standard InChI is InChI=1S/C7H4ClN3/c8-6-2-1-5-3-9-4-10-7(5)11-6/h1-4H. The minimum Gasteiger partial charge on any atom is -0.244 e. The molecule has 2 aromatic rings. The monoisotopic (exact) mass is 165 g/mol. The first kappa shape index (κ1) is 6.49. The second kappa shape index (κ2) is 2.43. The molecule has 4 heteroatoms. The van der Waals surface area contributed by atoms with Crippen molar-refractivity contribution < 1.29 is 0 Å². The molecule has 0 amide bonds. The average molecular weight is 166 g/mol. The predicted molar refractivity (Wildman–Crippen MR) is 42.3 cm³/mol. The average Bonchev–Trinajstić information content (AvgIpc) is 2.04. The van der Waals surface area contributed by atoms with E-state index in [1.807, 2.05) is 6.07 Å². The number of nitrogens with zero attached hydrogens (tertiary/aromatic N) is 3. The van der Waals surface area contributed by atoms with Crippen LogP contribution < -0.4 is 0 Å². The Hall–Kier alpha value is -1.22. The van der Waals surface area contributed by atoms with Crippen LogP contribution in [0.3, 0.4) is 0 Å². The summed E-state index contributed by atoms with van der Waals surface area (Å²) in [6, 6.07) is 3.55. The Morgan fingerprint density at radius 3 is 3.09 bits per heavy atom. The smallest absolute Gasteiger partial charge is 0.164 e. The number of fused-ring (bicyclic) bond motifs is 1. The summed E-state index contributed by atoms with van der Waals surface area (Å²) >= 11 is 5.65. The van der Waals surface area contributed by atoms with E-state index in [-0.39, 0.29) is 0 Å². The number of hydrogen-bond donors (Lipinski definition) is 0. The van der Waals surface area contributed by atoms with Gasteiger partial charge in [0.2, 0.25) is 0 Å². The Labute approximate surface area is 68.1 Å². The van der Waals surface area contributed by atoms with Gasteiger partial charge in [-0.05, 0) is 12.1 Å². The summed E-state index contributed by atoms with van der Waals surface area (Å²) in [5.74, 6) is 0. The molecule has 0 aliphatic rings. The minimum absolute atomic E-state index is 0.455. The van der Waals surface area contributed by atoms with Gasteiger partial charge in [0.05, 0.1) is 0 Å². The van der Waals surface area contributed by atoms with Gasteiger partial charge in [-0.1, -0.05) is 11.6 Å². The molecule has 0 N–H and O–H groups in total. The molecule has 0 fully saturated rings. The van der Waals surface area contributed by atoms with Gasteiger partial charge in [-0.25, -0.2) is 15.0 Å². The van der Waals surface area contributed by atoms with E-state index in [1.165, 1.54) is 6.33 Å². The topological polar surface area (TPSA) is 38.7 Å². The lowest BCUT2D eigenvalue weighted by Crippen LogP contribution is -1.84. The summed E-state index contributed by atoms with van der Waals surface area (Å²) in [7, 11) is 0. The number of halogens is 1. The fourth-order valence-electron chi connectivity index (χ4n) is 0.842. The van der Waals surface area contributed by atoms with E-state index in [2.05, 4.69) is 15.0 Å². The maximum absolute atomic E-state index is 5.65. The van der Waals surface area contributed by atoms with Crippen molar-refractivity contribution in [3.8, 4) is 0 Å². The number of pyridine rings is 1. The van der Waals surface area contributed by atoms with Crippen LogP contribution in [0.4, 0.5) is 0 Å². The molecule has 2 aromatic heterocycles. The first-order chi connectivity index (χ1) is 5.36. The lowest BCUT2D eigenvalue weighted by atomic mass is 10.3. The molecule has 0 aromatic carbocycles. The molecule has 54 valence electrons. The molecule has 2 heterocycles. The molecule has 0 radical (unpaired) electrons. The minimum atomic E-state index is 0.455. The van der Waals surface area contributed by atoms with Crippen LogP contribution in [0.25, 0.3) is 11.0 Å². The van der Waals surface area contributed by atoms with Crippen molar-refractivity contribution in [3.63, 3.8) is 0 Å². The Kier molecular flexibility index (Phi) is 1.43. The third kappa shape index (κ3) is 1.14. The van der Waals surface area contributed by atoms with E-state index >= 15 is 0 Å². The summed E-state index contributed by atoms with van der Waals surface area (Å²) in [5.41, 5.74) is 0.632. The summed E-state index contributed by atoms with van der Waals surface area (Å²) in [5, 5.41) is 1.35. The van der Waals surface area contributed by atoms with Crippen LogP contribution in [0.5, 0.6) is 0 Å². The highest BCUT2D eigenvalue weighted by atomic mass is 35.5. The summed E-state index contributed by atoms with van der Waals surface area (Å²) in [6.07, 6.45) is 3.15. The van der Waals surface area contributed by atoms with E-state index in [9.17, 15) is 0 Å². The van der Waals surface area contributed by atoms with Gasteiger partial charge < -0.3 is 0 Å². The van der Waals surface area contributed by atoms with Gasteiger partial charge in [0.1, 0.15) is 11.5 Å². The van der Waals surface area contributed by atoms with E-state index < -0.39 is 0 Å². The van der Waals surface area contributed by atoms with E-state index in [1.54, 1.807) is 12.3 Å². The third-order valence-corrected chi connectivity index (χ3v) is 1.54. The summed E-state index contributed by atoms with van der Waals surface area (Å²) in [4.78, 5) is 11.8. The van der Waals surface area contributed by atoms with E-state index in [0.29, 0.717) is 10.8 Å². The molecular weight excluding hydrogens is 162 g/mol. The fraction of sp³-hybridized carbons (Fsp3) is 0. The van der Waals surface area contributed by atoms with Crippen molar-refractivity contribution in [1.29, 1.82) is 0 Å². The predicted octanol–water partition coefficient (Wildman–Crippen LogP) is 1.68. The van der Waals surface area contributed by atoms with Gasteiger partial charge in [0, 0.05) is 11.6 Å². The maximum atomic E-state index is 5.65. The molecule has 11 heavy (non-hydrogen) atoms. The molecule has 0 spiro atoms. The zero-order chi connectivity index (χ0) is 7.68. The molecular formula is C7H4ClN3. The Morgan fingerprint density at radius 2 is 2.18 bits per heavy atom. The zero-order valence-corrected chi connectivity index (χ0v) is 6.28. The van der Waals surface area contributed by atoms with Crippen molar-refractivity contribution in [2.24, 2.45) is 0 Å². The van der Waals surface area contributed by atoms with Crippen LogP contribution in [0.2, 0.25) is 5.15 Å². The van der Waals surface area contributed by atoms with Gasteiger partial charge in [0.15, 0.2) is 5.65 Å². The summed E-state index contributed by atoms with van der Waals surface area (Å²) < 4.78 is 0. The van der Waals surface area contributed by atoms with Crippen LogP contribution >= 0.6 is 11.6 Å². The lowest BCUT2D eigenvalue weighted by Gasteiger charge is -1.93. The molecule has 3 nitrogen and oxygen atoms in total. The maximum Gasteiger partial charge on any atom is 0.164 e. The molecule has 0 atom stereocenters. The Morgan fingerprint density at radius 1 is 1.27 bits per heavy atom. The fourth-order valence-corrected chi connectivity index (χ4v) is 0.985. The molecule has 0 aliphatic heterocycles. The molecule has 0 saturated heterocycles. The number of rotatable bonds is 0. The van der Waals surface area contributed by atoms with Crippen LogP contribution in [-0.2, 0) is 0 Å². The van der Waals surface area contributed by atoms with Crippen LogP contribution in [0.15, 0.2) is 24.7 Å². The Balaban J connectivity index is 2.83. The summed E-state index contributed by atoms with van der Waals surface area (Å²) in [6.45, 7) is 0. The van der Waals surface area contributed by atoms with E-state index in [0.717, 1.165) is 5.39 Å². The van der Waals surface area contributed by atoms with Crippen molar-refractivity contribution in [2.45, 2.75) is 0 Å². The first-order valence-corrected chi connectivity index (χ1v) is 3.46. The second-order valence-corrected chi connectivity index (χ2v) is 2.46.